The fourth-order valence-electron chi connectivity index (χ4n) is 1.47. The van der Waals surface area contributed by atoms with E-state index in [1.165, 1.54) is 19.4 Å². The summed E-state index contributed by atoms with van der Waals surface area (Å²) in [7, 11) is 1.23. The van der Waals surface area contributed by atoms with Gasteiger partial charge < -0.3 is 4.74 Å². The number of carbonyl (C=O) groups excluding carboxylic acids is 1. The fraction of sp³-hybridized carbons (Fsp3) is 0.222. The number of hydrogen-bond acceptors (Lipinski definition) is 5. The zero-order valence-electron chi connectivity index (χ0n) is 9.32. The molecule has 9 nitrogen and oxygen atoms in total. The molecule has 18 heavy (non-hydrogen) atoms. The molecule has 0 aliphatic rings. The second-order valence-corrected chi connectivity index (χ2v) is 3.31. The number of aromatic amines is 1. The van der Waals surface area contributed by atoms with E-state index < -0.39 is 11.5 Å². The van der Waals surface area contributed by atoms with Gasteiger partial charge in [-0.05, 0) is 5.53 Å². The van der Waals surface area contributed by atoms with Gasteiger partial charge >= 0.3 is 5.97 Å². The SMILES string of the molecule is COC(=O)c1c[nH]n2c(=O)cc(CN=[N+]=[N-])nc12. The van der Waals surface area contributed by atoms with Crippen molar-refractivity contribution in [3.05, 3.63) is 44.3 Å². The van der Waals surface area contributed by atoms with Crippen LogP contribution >= 0.6 is 0 Å². The number of methoxy groups -OCH3 is 1. The Morgan fingerprint density at radius 2 is 2.50 bits per heavy atom. The van der Waals surface area contributed by atoms with Gasteiger partial charge in [0.25, 0.3) is 5.56 Å². The second-order valence-electron chi connectivity index (χ2n) is 3.31. The zero-order valence-corrected chi connectivity index (χ0v) is 9.32. The Hall–Kier alpha value is -2.80. The monoisotopic (exact) mass is 248 g/mol. The molecule has 0 radical (unpaired) electrons. The number of ether oxygens (including phenoxy) is 1. The van der Waals surface area contributed by atoms with Crippen molar-refractivity contribution >= 4 is 11.6 Å². The van der Waals surface area contributed by atoms with Crippen LogP contribution in [0.1, 0.15) is 16.1 Å². The van der Waals surface area contributed by atoms with Crippen LogP contribution in [0.3, 0.4) is 0 Å². The van der Waals surface area contributed by atoms with Gasteiger partial charge in [-0.1, -0.05) is 5.11 Å². The van der Waals surface area contributed by atoms with Crippen LogP contribution in [0.2, 0.25) is 0 Å². The van der Waals surface area contributed by atoms with Crippen LogP contribution in [0.5, 0.6) is 0 Å². The van der Waals surface area contributed by atoms with Crippen LogP contribution < -0.4 is 5.56 Å². The summed E-state index contributed by atoms with van der Waals surface area (Å²) in [5.74, 6) is -0.610. The van der Waals surface area contributed by atoms with Crippen molar-refractivity contribution in [1.82, 2.24) is 14.6 Å². The minimum Gasteiger partial charge on any atom is -0.465 e. The number of nitrogens with one attached hydrogen (secondary N) is 1. The third kappa shape index (κ3) is 1.89. The maximum absolute atomic E-state index is 11.7. The molecule has 0 unspecified atom stereocenters. The molecule has 0 aliphatic carbocycles. The van der Waals surface area contributed by atoms with Crippen molar-refractivity contribution in [3.63, 3.8) is 0 Å². The average molecular weight is 248 g/mol. The van der Waals surface area contributed by atoms with Gasteiger partial charge in [0.05, 0.1) is 19.3 Å². The molecule has 0 amide bonds. The first-order valence-corrected chi connectivity index (χ1v) is 4.86. The summed E-state index contributed by atoms with van der Waals surface area (Å²) in [6, 6.07) is 1.22. The molecule has 0 saturated heterocycles. The van der Waals surface area contributed by atoms with Gasteiger partial charge in [0.1, 0.15) is 5.56 Å². The molecule has 0 aromatic carbocycles. The smallest absolute Gasteiger partial charge is 0.343 e. The minimum atomic E-state index is -0.610. The largest absolute Gasteiger partial charge is 0.465 e. The number of esters is 1. The lowest BCUT2D eigenvalue weighted by molar-refractivity contribution is 0.0602. The normalized spacial score (nSPS) is 10.1. The Bertz CT molecular complexity index is 709. The number of hydrogen-bond donors (Lipinski definition) is 1. The molecule has 0 saturated carbocycles. The van der Waals surface area contributed by atoms with Crippen molar-refractivity contribution < 1.29 is 9.53 Å². The van der Waals surface area contributed by atoms with Crippen molar-refractivity contribution in [3.8, 4) is 0 Å². The molecular weight excluding hydrogens is 240 g/mol. The maximum atomic E-state index is 11.7. The molecule has 9 heteroatoms. The summed E-state index contributed by atoms with van der Waals surface area (Å²) < 4.78 is 5.67. The Balaban J connectivity index is 2.64. The number of fused-ring (bicyclic) bond motifs is 1. The first-order chi connectivity index (χ1) is 8.67. The Labute approximate surface area is 99.6 Å². The molecule has 0 aliphatic heterocycles. The molecule has 0 spiro atoms. The molecule has 2 rings (SSSR count). The van der Waals surface area contributed by atoms with Crippen molar-refractivity contribution in [2.24, 2.45) is 5.11 Å². The van der Waals surface area contributed by atoms with Gasteiger partial charge in [-0.15, -0.1) is 0 Å². The van der Waals surface area contributed by atoms with E-state index in [2.05, 4.69) is 24.8 Å². The summed E-state index contributed by atoms with van der Waals surface area (Å²) >= 11 is 0. The van der Waals surface area contributed by atoms with Gasteiger partial charge in [0.2, 0.25) is 0 Å². The predicted molar refractivity (Wildman–Crippen MR) is 60.0 cm³/mol. The summed E-state index contributed by atoms with van der Waals surface area (Å²) in [6.45, 7) is -0.0615. The van der Waals surface area contributed by atoms with E-state index in [0.29, 0.717) is 0 Å². The Kier molecular flexibility index (Phi) is 2.98. The van der Waals surface area contributed by atoms with Crippen molar-refractivity contribution in [2.45, 2.75) is 6.54 Å². The Morgan fingerprint density at radius 3 is 3.17 bits per heavy atom. The third-order valence-corrected chi connectivity index (χ3v) is 2.25. The lowest BCUT2D eigenvalue weighted by atomic mass is 10.3. The van der Waals surface area contributed by atoms with Crippen LogP contribution in [0.25, 0.3) is 16.1 Å². The van der Waals surface area contributed by atoms with Gasteiger partial charge in [0, 0.05) is 17.2 Å². The summed E-state index contributed by atoms with van der Waals surface area (Å²) in [5, 5.41) is 5.90. The molecule has 0 atom stereocenters. The molecule has 0 fully saturated rings. The highest BCUT2D eigenvalue weighted by molar-refractivity contribution is 5.95. The molecule has 1 N–H and O–H groups in total. The van der Waals surface area contributed by atoms with Crippen LogP contribution in [-0.2, 0) is 11.3 Å². The number of aromatic nitrogens is 3. The predicted octanol–water partition coefficient (Wildman–Crippen LogP) is 0.619. The fourth-order valence-corrected chi connectivity index (χ4v) is 1.47. The second kappa shape index (κ2) is 4.60. The first-order valence-electron chi connectivity index (χ1n) is 4.86. The van der Waals surface area contributed by atoms with E-state index in [9.17, 15) is 9.59 Å². The van der Waals surface area contributed by atoms with Gasteiger partial charge in [0.15, 0.2) is 5.65 Å². The molecule has 2 aromatic heterocycles. The quantitative estimate of drug-likeness (QED) is 0.369. The summed E-state index contributed by atoms with van der Waals surface area (Å²) in [6.07, 6.45) is 1.33. The highest BCUT2D eigenvalue weighted by Gasteiger charge is 2.15. The van der Waals surface area contributed by atoms with Crippen molar-refractivity contribution in [1.29, 1.82) is 0 Å². The highest BCUT2D eigenvalue weighted by Crippen LogP contribution is 2.08. The van der Waals surface area contributed by atoms with E-state index in [1.54, 1.807) is 0 Å². The van der Waals surface area contributed by atoms with E-state index in [4.69, 9.17) is 5.53 Å². The zero-order chi connectivity index (χ0) is 13.1. The van der Waals surface area contributed by atoms with E-state index in [0.717, 1.165) is 4.52 Å². The van der Waals surface area contributed by atoms with E-state index in [-0.39, 0.29) is 23.4 Å². The summed E-state index contributed by atoms with van der Waals surface area (Å²) in [5.41, 5.74) is 8.37. The van der Waals surface area contributed by atoms with Crippen LogP contribution in [-0.4, -0.2) is 27.7 Å². The van der Waals surface area contributed by atoms with Gasteiger partial charge in [-0.2, -0.15) is 0 Å². The topological polar surface area (TPSA) is 125 Å². The molecule has 0 bridgehead atoms. The van der Waals surface area contributed by atoms with Crippen LogP contribution in [0.15, 0.2) is 22.2 Å². The van der Waals surface area contributed by atoms with Crippen LogP contribution in [0, 0.1) is 0 Å². The number of nitrogens with zero attached hydrogens (tertiary/aromatic N) is 5. The molecule has 2 aromatic rings. The van der Waals surface area contributed by atoms with Crippen LogP contribution in [0.4, 0.5) is 0 Å². The number of H-pyrrole nitrogens is 1. The first kappa shape index (κ1) is 11.7. The summed E-state index contributed by atoms with van der Waals surface area (Å²) in [4.78, 5) is 29.8. The van der Waals surface area contributed by atoms with E-state index in [1.807, 2.05) is 0 Å². The number of rotatable bonds is 3. The third-order valence-electron chi connectivity index (χ3n) is 2.25. The van der Waals surface area contributed by atoms with Gasteiger partial charge in [-0.3, -0.25) is 9.89 Å². The molecular formula is C9H8N6O3. The lowest BCUT2D eigenvalue weighted by Crippen LogP contribution is -2.16. The van der Waals surface area contributed by atoms with E-state index >= 15 is 0 Å². The average Bonchev–Trinajstić information content (AvgIpc) is 2.79. The molecule has 2 heterocycles. The standard InChI is InChI=1S/C9H8N6O3/c1-18-9(17)6-4-12-15-7(16)2-5(3-11-14-10)13-8(6)15/h2,4,12H,3H2,1H3. The number of azide groups is 1. The minimum absolute atomic E-state index is 0.0615. The lowest BCUT2D eigenvalue weighted by Gasteiger charge is -1.98. The highest BCUT2D eigenvalue weighted by atomic mass is 16.5. The maximum Gasteiger partial charge on any atom is 0.343 e. The Morgan fingerprint density at radius 1 is 1.72 bits per heavy atom. The number of carbonyl (C=O) groups is 1. The molecule has 92 valence electrons. The van der Waals surface area contributed by atoms with Crippen molar-refractivity contribution in [2.75, 3.05) is 7.11 Å². The van der Waals surface area contributed by atoms with Gasteiger partial charge in [-0.25, -0.2) is 14.3 Å².